The number of aryl methyl sites for hydroxylation is 3. The fourth-order valence-electron chi connectivity index (χ4n) is 3.79. The number of rotatable bonds is 7. The monoisotopic (exact) mass is 487 g/mol. The fraction of sp³-hybridized carbons (Fsp3) is 0.417. The maximum absolute atomic E-state index is 13.4. The van der Waals surface area contributed by atoms with Gasteiger partial charge in [-0.15, -0.1) is 0 Å². The summed E-state index contributed by atoms with van der Waals surface area (Å²) < 4.78 is 32.3. The number of benzene rings is 2. The lowest BCUT2D eigenvalue weighted by Crippen LogP contribution is -2.44. The van der Waals surface area contributed by atoms with E-state index in [-0.39, 0.29) is 4.90 Å². The van der Waals surface area contributed by atoms with Crippen molar-refractivity contribution in [3.8, 4) is 0 Å². The summed E-state index contributed by atoms with van der Waals surface area (Å²) in [6.07, 6.45) is 0. The second kappa shape index (κ2) is 9.89. The van der Waals surface area contributed by atoms with Gasteiger partial charge in [-0.2, -0.15) is 0 Å². The van der Waals surface area contributed by atoms with Gasteiger partial charge in [-0.05, 0) is 50.1 Å². The second-order valence-corrected chi connectivity index (χ2v) is 11.4. The summed E-state index contributed by atoms with van der Waals surface area (Å²) in [4.78, 5) is 22.1. The van der Waals surface area contributed by atoms with E-state index in [2.05, 4.69) is 4.90 Å². The third kappa shape index (κ3) is 5.43. The Morgan fingerprint density at radius 1 is 1.09 bits per heavy atom. The molecule has 7 nitrogen and oxygen atoms in total. The fourth-order valence-corrected chi connectivity index (χ4v) is 6.06. The van der Waals surface area contributed by atoms with Crippen molar-refractivity contribution in [1.82, 2.24) is 9.88 Å². The first-order chi connectivity index (χ1) is 15.7. The molecule has 0 aliphatic carbocycles. The Morgan fingerprint density at radius 3 is 2.48 bits per heavy atom. The number of thiazole rings is 1. The maximum atomic E-state index is 13.4. The number of amides is 1. The molecule has 9 heteroatoms. The average Bonchev–Trinajstić information content (AvgIpc) is 3.22. The molecule has 176 valence electrons. The number of nitrogens with zero attached hydrogens (tertiary/aromatic N) is 3. The van der Waals surface area contributed by atoms with Crippen LogP contribution in [0.2, 0.25) is 0 Å². The van der Waals surface area contributed by atoms with Crippen molar-refractivity contribution >= 4 is 42.4 Å². The van der Waals surface area contributed by atoms with Crippen LogP contribution in [0.1, 0.15) is 16.7 Å². The molecule has 33 heavy (non-hydrogen) atoms. The quantitative estimate of drug-likeness (QED) is 0.509. The van der Waals surface area contributed by atoms with Crippen LogP contribution in [-0.2, 0) is 19.4 Å². The zero-order valence-electron chi connectivity index (χ0n) is 19.2. The van der Waals surface area contributed by atoms with Gasteiger partial charge >= 0.3 is 0 Å². The minimum atomic E-state index is -3.77. The molecular weight excluding hydrogens is 458 g/mol. The number of aromatic nitrogens is 1. The highest BCUT2D eigenvalue weighted by Crippen LogP contribution is 2.32. The second-order valence-electron chi connectivity index (χ2n) is 8.42. The predicted molar refractivity (Wildman–Crippen MR) is 132 cm³/mol. The summed E-state index contributed by atoms with van der Waals surface area (Å²) >= 11 is 1.42. The molecule has 1 amide bonds. The topological polar surface area (TPSA) is 79.8 Å². The lowest BCUT2D eigenvalue weighted by Gasteiger charge is -2.29. The number of hydrogen-bond acceptors (Lipinski definition) is 7. The van der Waals surface area contributed by atoms with Crippen LogP contribution in [0.15, 0.2) is 41.3 Å². The van der Waals surface area contributed by atoms with Crippen LogP contribution < -0.4 is 4.90 Å². The van der Waals surface area contributed by atoms with E-state index in [1.807, 2.05) is 32.9 Å². The van der Waals surface area contributed by atoms with E-state index in [9.17, 15) is 13.2 Å². The van der Waals surface area contributed by atoms with E-state index in [4.69, 9.17) is 9.72 Å². The normalized spacial score (nSPS) is 15.1. The first-order valence-electron chi connectivity index (χ1n) is 11.0. The van der Waals surface area contributed by atoms with Crippen LogP contribution >= 0.6 is 11.3 Å². The Balaban J connectivity index is 1.62. The molecule has 2 aromatic carbocycles. The number of carbonyl (C=O) groups excluding carboxylic acids is 1. The molecule has 0 spiro atoms. The van der Waals surface area contributed by atoms with Gasteiger partial charge in [0.1, 0.15) is 5.75 Å². The van der Waals surface area contributed by atoms with Gasteiger partial charge in [0.05, 0.1) is 28.3 Å². The van der Waals surface area contributed by atoms with Crippen LogP contribution in [0, 0.1) is 20.8 Å². The van der Waals surface area contributed by atoms with Crippen molar-refractivity contribution in [1.29, 1.82) is 0 Å². The Bertz CT molecular complexity index is 1250. The average molecular weight is 488 g/mol. The molecule has 1 aliphatic rings. The number of anilines is 1. The van der Waals surface area contributed by atoms with Gasteiger partial charge < -0.3 is 4.74 Å². The highest BCUT2D eigenvalue weighted by Gasteiger charge is 2.27. The van der Waals surface area contributed by atoms with Crippen LogP contribution in [0.4, 0.5) is 5.13 Å². The molecule has 0 N–H and O–H groups in total. The highest BCUT2D eigenvalue weighted by atomic mass is 32.2. The molecular formula is C24H29N3O4S2. The largest absolute Gasteiger partial charge is 0.379 e. The van der Waals surface area contributed by atoms with E-state index in [0.717, 1.165) is 40.0 Å². The van der Waals surface area contributed by atoms with Gasteiger partial charge in [0.25, 0.3) is 0 Å². The van der Waals surface area contributed by atoms with Crippen LogP contribution in [0.3, 0.4) is 0 Å². The summed E-state index contributed by atoms with van der Waals surface area (Å²) in [6, 6.07) is 10.6. The van der Waals surface area contributed by atoms with Crippen molar-refractivity contribution in [2.45, 2.75) is 25.7 Å². The molecule has 0 saturated carbocycles. The summed E-state index contributed by atoms with van der Waals surface area (Å²) in [5.74, 6) is -1.05. The van der Waals surface area contributed by atoms with Gasteiger partial charge in [0.15, 0.2) is 15.0 Å². The van der Waals surface area contributed by atoms with E-state index in [0.29, 0.717) is 31.4 Å². The van der Waals surface area contributed by atoms with Gasteiger partial charge in [0.2, 0.25) is 5.91 Å². The summed E-state index contributed by atoms with van der Waals surface area (Å²) in [5, 5.41) is 0.538. The molecule has 4 rings (SSSR count). The van der Waals surface area contributed by atoms with Gasteiger partial charge in [-0.1, -0.05) is 35.1 Å². The van der Waals surface area contributed by atoms with Crippen molar-refractivity contribution in [2.75, 3.05) is 50.0 Å². The lowest BCUT2D eigenvalue weighted by molar-refractivity contribution is -0.116. The van der Waals surface area contributed by atoms with Crippen LogP contribution in [-0.4, -0.2) is 69.4 Å². The van der Waals surface area contributed by atoms with E-state index < -0.39 is 21.5 Å². The molecule has 2 heterocycles. The lowest BCUT2D eigenvalue weighted by atomic mass is 10.1. The Morgan fingerprint density at radius 2 is 1.79 bits per heavy atom. The minimum Gasteiger partial charge on any atom is -0.379 e. The zero-order chi connectivity index (χ0) is 23.6. The molecule has 1 fully saturated rings. The Labute approximate surface area is 198 Å². The molecule has 0 radical (unpaired) electrons. The Kier molecular flexibility index (Phi) is 7.13. The number of fused-ring (bicyclic) bond motifs is 1. The maximum Gasteiger partial charge on any atom is 0.244 e. The van der Waals surface area contributed by atoms with Crippen LogP contribution in [0.5, 0.6) is 0 Å². The number of ether oxygens (including phenoxy) is 1. The van der Waals surface area contributed by atoms with Crippen LogP contribution in [0.25, 0.3) is 10.2 Å². The molecule has 0 bridgehead atoms. The SMILES string of the molecule is Cc1ccc(S(=O)(=O)CC(=O)N(CCN2CCOCC2)c2nc3c(C)c(C)ccc3s2)cc1. The van der Waals surface area contributed by atoms with Crippen molar-refractivity contribution in [2.24, 2.45) is 0 Å². The van der Waals surface area contributed by atoms with E-state index in [1.165, 1.54) is 11.3 Å². The predicted octanol–water partition coefficient (Wildman–Crippen LogP) is 3.36. The molecule has 3 aromatic rings. The summed E-state index contributed by atoms with van der Waals surface area (Å²) in [5.41, 5.74) is 4.03. The van der Waals surface area contributed by atoms with Crippen molar-refractivity contribution in [3.63, 3.8) is 0 Å². The van der Waals surface area contributed by atoms with Crippen molar-refractivity contribution in [3.05, 3.63) is 53.1 Å². The first kappa shape index (κ1) is 23.8. The van der Waals surface area contributed by atoms with Gasteiger partial charge in [-0.3, -0.25) is 14.6 Å². The molecule has 1 saturated heterocycles. The number of carbonyl (C=O) groups is 1. The molecule has 0 unspecified atom stereocenters. The van der Waals surface area contributed by atoms with Crippen molar-refractivity contribution < 1.29 is 17.9 Å². The molecule has 0 atom stereocenters. The number of morpholine rings is 1. The third-order valence-electron chi connectivity index (χ3n) is 6.04. The Hall–Kier alpha value is -2.33. The summed E-state index contributed by atoms with van der Waals surface area (Å²) in [7, 11) is -3.77. The van der Waals surface area contributed by atoms with E-state index in [1.54, 1.807) is 29.2 Å². The van der Waals surface area contributed by atoms with E-state index >= 15 is 0 Å². The zero-order valence-corrected chi connectivity index (χ0v) is 20.8. The first-order valence-corrected chi connectivity index (χ1v) is 13.5. The molecule has 1 aromatic heterocycles. The third-order valence-corrected chi connectivity index (χ3v) is 8.70. The number of hydrogen-bond donors (Lipinski definition) is 0. The minimum absolute atomic E-state index is 0.158. The highest BCUT2D eigenvalue weighted by molar-refractivity contribution is 7.92. The summed E-state index contributed by atoms with van der Waals surface area (Å²) in [6.45, 7) is 9.86. The van der Waals surface area contributed by atoms with Gasteiger partial charge in [0, 0.05) is 26.2 Å². The molecule has 1 aliphatic heterocycles. The standard InChI is InChI=1S/C24H29N3O4S2/c1-17-4-7-20(8-5-17)33(29,30)16-22(28)27(11-10-26-12-14-31-15-13-26)24-25-23-19(3)18(2)6-9-21(23)32-24/h4-9H,10-16H2,1-3H3. The number of sulfone groups is 1. The smallest absolute Gasteiger partial charge is 0.244 e. The van der Waals surface area contributed by atoms with Gasteiger partial charge in [-0.25, -0.2) is 13.4 Å².